The van der Waals surface area contributed by atoms with Crippen molar-refractivity contribution < 1.29 is 19.0 Å². The molecule has 0 radical (unpaired) electrons. The Hall–Kier alpha value is -2.16. The van der Waals surface area contributed by atoms with Gasteiger partial charge in [0.2, 0.25) is 5.91 Å². The number of carbonyl (C=O) groups is 1. The van der Waals surface area contributed by atoms with Crippen LogP contribution in [0.4, 0.5) is 0 Å². The molecule has 2 saturated heterocycles. The molecule has 0 bridgehead atoms. The number of aromatic nitrogens is 1. The van der Waals surface area contributed by atoms with E-state index in [1.807, 2.05) is 28.5 Å². The summed E-state index contributed by atoms with van der Waals surface area (Å²) in [6.45, 7) is 9.11. The third-order valence-electron chi connectivity index (χ3n) is 6.49. The van der Waals surface area contributed by atoms with E-state index in [1.54, 1.807) is 25.6 Å². The fraction of sp³-hybridized carbons (Fsp3) is 0.600. The Morgan fingerprint density at radius 2 is 1.82 bits per heavy atom. The molecule has 4 rings (SSSR count). The molecule has 0 saturated carbocycles. The van der Waals surface area contributed by atoms with Crippen molar-refractivity contribution in [2.75, 3.05) is 46.9 Å². The molecule has 2 unspecified atom stereocenters. The minimum absolute atomic E-state index is 0.172. The number of rotatable bonds is 7. The highest BCUT2D eigenvalue weighted by atomic mass is 32.1. The Kier molecular flexibility index (Phi) is 7.88. The topological polar surface area (TPSA) is 64.1 Å². The van der Waals surface area contributed by atoms with Crippen LogP contribution in [0.25, 0.3) is 10.6 Å². The number of amides is 1. The van der Waals surface area contributed by atoms with Crippen LogP contribution in [0, 0.1) is 5.92 Å². The molecule has 0 N–H and O–H groups in total. The third kappa shape index (κ3) is 6.05. The summed E-state index contributed by atoms with van der Waals surface area (Å²) in [5.74, 6) is 2.19. The van der Waals surface area contributed by atoms with Gasteiger partial charge in [-0.15, -0.1) is 11.3 Å². The smallest absolute Gasteiger partial charge is 0.228 e. The van der Waals surface area contributed by atoms with Crippen LogP contribution in [0.15, 0.2) is 23.6 Å². The highest BCUT2D eigenvalue weighted by Gasteiger charge is 2.28. The normalized spacial score (nSPS) is 22.4. The number of thiazole rings is 1. The summed E-state index contributed by atoms with van der Waals surface area (Å²) in [4.78, 5) is 22.2. The summed E-state index contributed by atoms with van der Waals surface area (Å²) in [5.41, 5.74) is 1.79. The van der Waals surface area contributed by atoms with Crippen LogP contribution in [0.3, 0.4) is 0 Å². The quantitative estimate of drug-likeness (QED) is 0.611. The lowest BCUT2D eigenvalue weighted by Gasteiger charge is -2.39. The molecule has 2 aliphatic heterocycles. The van der Waals surface area contributed by atoms with Crippen molar-refractivity contribution in [2.24, 2.45) is 5.92 Å². The van der Waals surface area contributed by atoms with Crippen molar-refractivity contribution >= 4 is 17.2 Å². The van der Waals surface area contributed by atoms with E-state index < -0.39 is 0 Å². The van der Waals surface area contributed by atoms with E-state index in [4.69, 9.17) is 19.2 Å². The monoisotopic (exact) mass is 473 g/mol. The van der Waals surface area contributed by atoms with Crippen LogP contribution in [0.1, 0.15) is 32.4 Å². The van der Waals surface area contributed by atoms with Gasteiger partial charge in [0.25, 0.3) is 0 Å². The summed E-state index contributed by atoms with van der Waals surface area (Å²) in [6, 6.07) is 5.76. The number of piperidine rings is 1. The molecule has 2 fully saturated rings. The van der Waals surface area contributed by atoms with E-state index in [0.29, 0.717) is 36.0 Å². The second-order valence-electron chi connectivity index (χ2n) is 9.19. The number of morpholine rings is 1. The van der Waals surface area contributed by atoms with Crippen molar-refractivity contribution in [3.63, 3.8) is 0 Å². The largest absolute Gasteiger partial charge is 0.493 e. The Labute approximate surface area is 200 Å². The minimum Gasteiger partial charge on any atom is -0.493 e. The standard InChI is InChI=1S/C25H35N3O4S/c1-17-13-27(14-18(2)32-17)15-19-7-9-28(10-8-19)24(29)12-21-16-33-25(26-21)20-5-6-22(30-3)23(11-20)31-4/h5-6,11,16-19H,7-10,12-15H2,1-4H3. The highest BCUT2D eigenvalue weighted by molar-refractivity contribution is 7.13. The van der Waals surface area contributed by atoms with Crippen molar-refractivity contribution in [1.29, 1.82) is 0 Å². The van der Waals surface area contributed by atoms with E-state index >= 15 is 0 Å². The van der Waals surface area contributed by atoms with Gasteiger partial charge in [-0.2, -0.15) is 0 Å². The zero-order valence-corrected chi connectivity index (χ0v) is 20.9. The van der Waals surface area contributed by atoms with Crippen molar-refractivity contribution in [2.45, 2.75) is 45.3 Å². The van der Waals surface area contributed by atoms with Crippen LogP contribution in [0.2, 0.25) is 0 Å². The molecule has 33 heavy (non-hydrogen) atoms. The molecule has 2 aliphatic rings. The Morgan fingerprint density at radius 3 is 2.48 bits per heavy atom. The van der Waals surface area contributed by atoms with E-state index in [9.17, 15) is 4.79 Å². The van der Waals surface area contributed by atoms with Gasteiger partial charge in [-0.05, 0) is 50.8 Å². The van der Waals surface area contributed by atoms with Gasteiger partial charge in [0.05, 0.1) is 38.5 Å². The number of nitrogens with zero attached hydrogens (tertiary/aromatic N) is 3. The van der Waals surface area contributed by atoms with Crippen LogP contribution >= 0.6 is 11.3 Å². The first-order chi connectivity index (χ1) is 15.9. The van der Waals surface area contributed by atoms with E-state index in [-0.39, 0.29) is 5.91 Å². The Bertz CT molecular complexity index is 931. The van der Waals surface area contributed by atoms with Crippen LogP contribution in [0.5, 0.6) is 11.5 Å². The van der Waals surface area contributed by atoms with Gasteiger partial charge in [-0.1, -0.05) is 0 Å². The molecule has 1 aromatic heterocycles. The van der Waals surface area contributed by atoms with Crippen LogP contribution in [-0.4, -0.2) is 79.8 Å². The molecule has 2 aromatic rings. The fourth-order valence-electron chi connectivity index (χ4n) is 4.92. The predicted octanol–water partition coefficient (Wildman–Crippen LogP) is 3.72. The van der Waals surface area contributed by atoms with Gasteiger partial charge in [0, 0.05) is 43.7 Å². The average molecular weight is 474 g/mol. The summed E-state index contributed by atoms with van der Waals surface area (Å²) < 4.78 is 16.6. The molecule has 3 heterocycles. The molecule has 0 aliphatic carbocycles. The van der Waals surface area contributed by atoms with Crippen LogP contribution in [-0.2, 0) is 16.0 Å². The summed E-state index contributed by atoms with van der Waals surface area (Å²) in [6.07, 6.45) is 3.10. The molecule has 1 aromatic carbocycles. The van der Waals surface area contributed by atoms with Crippen molar-refractivity contribution in [1.82, 2.24) is 14.8 Å². The molecule has 7 nitrogen and oxygen atoms in total. The maximum atomic E-state index is 12.9. The number of carbonyl (C=O) groups excluding carboxylic acids is 1. The van der Waals surface area contributed by atoms with Gasteiger partial charge < -0.3 is 19.1 Å². The number of benzene rings is 1. The first-order valence-electron chi connectivity index (χ1n) is 11.8. The van der Waals surface area contributed by atoms with Gasteiger partial charge in [0.1, 0.15) is 5.01 Å². The maximum absolute atomic E-state index is 12.9. The number of ether oxygens (including phenoxy) is 3. The highest BCUT2D eigenvalue weighted by Crippen LogP contribution is 2.33. The van der Waals surface area contributed by atoms with Crippen molar-refractivity contribution in [3.05, 3.63) is 29.3 Å². The minimum atomic E-state index is 0.172. The van der Waals surface area contributed by atoms with Crippen LogP contribution < -0.4 is 9.47 Å². The molecule has 1 amide bonds. The Balaban J connectivity index is 1.28. The number of likely N-dealkylation sites (tertiary alicyclic amines) is 1. The number of methoxy groups -OCH3 is 2. The number of hydrogen-bond acceptors (Lipinski definition) is 7. The molecule has 180 valence electrons. The second-order valence-corrected chi connectivity index (χ2v) is 10.0. The van der Waals surface area contributed by atoms with E-state index in [0.717, 1.165) is 61.8 Å². The third-order valence-corrected chi connectivity index (χ3v) is 7.43. The molecule has 2 atom stereocenters. The summed E-state index contributed by atoms with van der Waals surface area (Å²) in [5, 5.41) is 2.86. The maximum Gasteiger partial charge on any atom is 0.228 e. The van der Waals surface area contributed by atoms with Gasteiger partial charge in [0.15, 0.2) is 11.5 Å². The van der Waals surface area contributed by atoms with Crippen molar-refractivity contribution in [3.8, 4) is 22.1 Å². The molecule has 0 spiro atoms. The predicted molar refractivity (Wildman–Crippen MR) is 130 cm³/mol. The molecule has 8 heteroatoms. The zero-order valence-electron chi connectivity index (χ0n) is 20.1. The summed E-state index contributed by atoms with van der Waals surface area (Å²) in [7, 11) is 3.25. The van der Waals surface area contributed by atoms with Gasteiger partial charge in [-0.3, -0.25) is 9.69 Å². The summed E-state index contributed by atoms with van der Waals surface area (Å²) >= 11 is 1.55. The molecular weight excluding hydrogens is 438 g/mol. The molecular formula is C25H35N3O4S. The van der Waals surface area contributed by atoms with Gasteiger partial charge >= 0.3 is 0 Å². The first-order valence-corrected chi connectivity index (χ1v) is 12.7. The second kappa shape index (κ2) is 10.8. The SMILES string of the molecule is COc1ccc(-c2nc(CC(=O)N3CCC(CN4CC(C)OC(C)C4)CC3)cs2)cc1OC. The lowest BCUT2D eigenvalue weighted by atomic mass is 9.95. The first kappa shape index (κ1) is 24.0. The lowest BCUT2D eigenvalue weighted by Crippen LogP contribution is -2.48. The average Bonchev–Trinajstić information content (AvgIpc) is 3.26. The zero-order chi connectivity index (χ0) is 23.4. The Morgan fingerprint density at radius 1 is 1.12 bits per heavy atom. The van der Waals surface area contributed by atoms with E-state index in [1.165, 1.54) is 0 Å². The lowest BCUT2D eigenvalue weighted by molar-refractivity contribution is -0.132. The van der Waals surface area contributed by atoms with E-state index in [2.05, 4.69) is 18.7 Å². The fourth-order valence-corrected chi connectivity index (χ4v) is 5.74. The van der Waals surface area contributed by atoms with Gasteiger partial charge in [-0.25, -0.2) is 4.98 Å². The number of hydrogen-bond donors (Lipinski definition) is 0.